The van der Waals surface area contributed by atoms with Crippen molar-refractivity contribution in [1.82, 2.24) is 0 Å². The van der Waals surface area contributed by atoms with Gasteiger partial charge in [0.1, 0.15) is 0 Å². The normalized spacial score (nSPS) is 12.2. The van der Waals surface area contributed by atoms with Crippen molar-refractivity contribution in [2.75, 3.05) is 13.7 Å². The number of ether oxygens (including phenoxy) is 2. The second-order valence-electron chi connectivity index (χ2n) is 2.94. The van der Waals surface area contributed by atoms with Gasteiger partial charge in [0.25, 0.3) is 0 Å². The minimum Gasteiger partial charge on any atom is -0.498 e. The van der Waals surface area contributed by atoms with Crippen LogP contribution in [0.2, 0.25) is 0 Å². The first-order valence-corrected chi connectivity index (χ1v) is 4.87. The smallest absolute Gasteiger partial charge is 0.307 e. The molecule has 0 saturated carbocycles. The molecule has 1 atom stereocenters. The second kappa shape index (κ2) is 12.3. The van der Waals surface area contributed by atoms with Crippen LogP contribution in [-0.2, 0) is 47.0 Å². The molecule has 0 amide bonds. The fraction of sp³-hybridized carbons (Fsp3) is 0.636. The Labute approximate surface area is 117 Å². The third-order valence-electron chi connectivity index (χ3n) is 1.73. The van der Waals surface area contributed by atoms with E-state index in [0.29, 0.717) is 13.0 Å². The third-order valence-corrected chi connectivity index (χ3v) is 1.73. The number of hydrogen-bond donors (Lipinski definition) is 0. The van der Waals surface area contributed by atoms with Gasteiger partial charge in [-0.1, -0.05) is 32.1 Å². The molecule has 0 fully saturated rings. The number of carbonyl (C=O) groups is 1. The molecule has 0 rings (SSSR count). The molecule has 0 aliphatic heterocycles. The monoisotopic (exact) mass is 288 g/mol. The Morgan fingerprint density at radius 2 is 2.13 bits per heavy atom. The molecule has 1 unspecified atom stereocenters. The van der Waals surface area contributed by atoms with Crippen LogP contribution < -0.4 is 0 Å². The van der Waals surface area contributed by atoms with Crippen molar-refractivity contribution in [3.63, 3.8) is 0 Å². The van der Waals surface area contributed by atoms with Crippen LogP contribution in [0.5, 0.6) is 0 Å². The van der Waals surface area contributed by atoms with Crippen LogP contribution in [0.25, 0.3) is 0 Å². The molecule has 4 heteroatoms. The first-order valence-electron chi connectivity index (χ1n) is 4.87. The Morgan fingerprint density at radius 3 is 2.67 bits per heavy atom. The van der Waals surface area contributed by atoms with Crippen molar-refractivity contribution in [3.8, 4) is 0 Å². The summed E-state index contributed by atoms with van der Waals surface area (Å²) >= 11 is 0. The van der Waals surface area contributed by atoms with Crippen LogP contribution in [0.3, 0.4) is 0 Å². The van der Waals surface area contributed by atoms with E-state index in [-0.39, 0.29) is 44.8 Å². The van der Waals surface area contributed by atoms with Crippen LogP contribution in [0.15, 0.2) is 12.2 Å². The summed E-state index contributed by atoms with van der Waals surface area (Å²) in [5, 5.41) is 0. The average Bonchev–Trinajstić information content (AvgIpc) is 2.18. The summed E-state index contributed by atoms with van der Waals surface area (Å²) in [5.74, 6) is -0.200. The summed E-state index contributed by atoms with van der Waals surface area (Å²) in [4.78, 5) is 11.1. The third kappa shape index (κ3) is 12.2. The van der Waals surface area contributed by atoms with Crippen molar-refractivity contribution in [1.29, 1.82) is 0 Å². The Bertz CT molecular complexity index is 181. The molecule has 0 aliphatic carbocycles. The van der Waals surface area contributed by atoms with Gasteiger partial charge in [-0.2, -0.15) is 0 Å². The van der Waals surface area contributed by atoms with Crippen LogP contribution in [-0.4, -0.2) is 25.8 Å². The zero-order valence-electron chi connectivity index (χ0n) is 9.73. The fourth-order valence-electron chi connectivity index (χ4n) is 0.778. The summed E-state index contributed by atoms with van der Waals surface area (Å²) in [6, 6.07) is 0. The maximum Gasteiger partial charge on any atom is 0.307 e. The number of carbonyl (C=O) groups excluding carboxylic acids is 1. The maximum absolute atomic E-state index is 11.1. The summed E-state index contributed by atoms with van der Waals surface area (Å²) in [6.45, 7) is 4.23. The maximum atomic E-state index is 11.1. The SMILES string of the molecule is CCC=CCC(=O)OC[CH-]C(C)OC.[Y]. The predicted molar refractivity (Wildman–Crippen MR) is 55.8 cm³/mol. The number of methoxy groups -OCH3 is 1. The van der Waals surface area contributed by atoms with Gasteiger partial charge in [-0.25, -0.2) is 0 Å². The number of hydrogen-bond acceptors (Lipinski definition) is 3. The Kier molecular flexibility index (Phi) is 14.5. The molecule has 0 spiro atoms. The largest absolute Gasteiger partial charge is 0.498 e. The first kappa shape index (κ1) is 17.7. The van der Waals surface area contributed by atoms with Gasteiger partial charge in [-0.3, -0.25) is 11.2 Å². The van der Waals surface area contributed by atoms with Crippen molar-refractivity contribution < 1.29 is 47.0 Å². The molecule has 0 saturated heterocycles. The number of esters is 1. The number of allylic oxidation sites excluding steroid dienone is 1. The van der Waals surface area contributed by atoms with E-state index in [1.807, 2.05) is 26.0 Å². The zero-order valence-corrected chi connectivity index (χ0v) is 12.6. The van der Waals surface area contributed by atoms with E-state index >= 15 is 0 Å². The molecule has 15 heavy (non-hydrogen) atoms. The topological polar surface area (TPSA) is 35.5 Å². The van der Waals surface area contributed by atoms with Crippen molar-refractivity contribution in [2.24, 2.45) is 0 Å². The van der Waals surface area contributed by atoms with Crippen LogP contribution in [0.4, 0.5) is 0 Å². The van der Waals surface area contributed by atoms with Crippen molar-refractivity contribution >= 4 is 5.97 Å². The van der Waals surface area contributed by atoms with E-state index in [1.54, 1.807) is 13.5 Å². The van der Waals surface area contributed by atoms with Gasteiger partial charge < -0.3 is 9.47 Å². The van der Waals surface area contributed by atoms with Gasteiger partial charge in [0.15, 0.2) is 0 Å². The standard InChI is InChI=1S/C11H19O3.Y/c1-4-5-6-7-11(12)14-9-8-10(2)13-3;/h5-6,8,10H,4,7,9H2,1-3H3;/q-1;. The Hall–Kier alpha value is 0.274. The molecule has 3 nitrogen and oxygen atoms in total. The molecule has 0 aromatic rings. The zero-order chi connectivity index (χ0) is 10.8. The van der Waals surface area contributed by atoms with Gasteiger partial charge >= 0.3 is 5.97 Å². The molecule has 85 valence electrons. The summed E-state index contributed by atoms with van der Waals surface area (Å²) in [7, 11) is 1.62. The fourth-order valence-corrected chi connectivity index (χ4v) is 0.778. The molecule has 0 heterocycles. The van der Waals surface area contributed by atoms with Crippen LogP contribution in [0, 0.1) is 6.42 Å². The van der Waals surface area contributed by atoms with Crippen molar-refractivity contribution in [2.45, 2.75) is 32.8 Å². The molecule has 0 aromatic carbocycles. The second-order valence-corrected chi connectivity index (χ2v) is 2.94. The van der Waals surface area contributed by atoms with E-state index < -0.39 is 0 Å². The van der Waals surface area contributed by atoms with Crippen molar-refractivity contribution in [3.05, 3.63) is 18.6 Å². The molecule has 0 aromatic heterocycles. The first-order chi connectivity index (χ1) is 6.70. The summed E-state index contributed by atoms with van der Waals surface area (Å²) in [5.41, 5.74) is 0. The molecule has 0 aliphatic rings. The van der Waals surface area contributed by atoms with Crippen LogP contribution >= 0.6 is 0 Å². The predicted octanol–water partition coefficient (Wildman–Crippen LogP) is 2.12. The van der Waals surface area contributed by atoms with Gasteiger partial charge in [0.2, 0.25) is 0 Å². The van der Waals surface area contributed by atoms with Gasteiger partial charge in [-0.05, 0) is 13.0 Å². The van der Waals surface area contributed by atoms with E-state index in [2.05, 4.69) is 0 Å². The molecule has 1 radical (unpaired) electrons. The molecular formula is C11H19O3Y-. The van der Waals surface area contributed by atoms with E-state index in [1.165, 1.54) is 0 Å². The minimum atomic E-state index is -0.200. The van der Waals surface area contributed by atoms with Gasteiger partial charge in [-0.15, -0.1) is 0 Å². The number of rotatable bonds is 7. The summed E-state index contributed by atoms with van der Waals surface area (Å²) < 4.78 is 9.91. The molecule has 0 N–H and O–H groups in total. The average molecular weight is 288 g/mol. The molecule has 0 bridgehead atoms. The van der Waals surface area contributed by atoms with Gasteiger partial charge in [0.05, 0.1) is 6.42 Å². The van der Waals surface area contributed by atoms with E-state index in [0.717, 1.165) is 6.42 Å². The Morgan fingerprint density at radius 1 is 1.47 bits per heavy atom. The molecular weight excluding hydrogens is 269 g/mol. The van der Waals surface area contributed by atoms with Gasteiger partial charge in [0, 0.05) is 39.8 Å². The van der Waals surface area contributed by atoms with E-state index in [9.17, 15) is 4.79 Å². The van der Waals surface area contributed by atoms with E-state index in [4.69, 9.17) is 9.47 Å². The Balaban J connectivity index is 0. The minimum absolute atomic E-state index is 0. The summed E-state index contributed by atoms with van der Waals surface area (Å²) in [6.07, 6.45) is 6.89. The quantitative estimate of drug-likeness (QED) is 0.409. The van der Waals surface area contributed by atoms with Crippen LogP contribution in [0.1, 0.15) is 26.7 Å².